The molecule has 26 heavy (non-hydrogen) atoms. The zero-order valence-electron chi connectivity index (χ0n) is 15.9. The molecule has 6 nitrogen and oxygen atoms in total. The lowest BCUT2D eigenvalue weighted by Gasteiger charge is -2.36. The van der Waals surface area contributed by atoms with Crippen LogP contribution >= 0.6 is 0 Å². The number of rotatable bonds is 6. The van der Waals surface area contributed by atoms with Gasteiger partial charge in [0.2, 0.25) is 11.8 Å². The molecule has 0 radical (unpaired) electrons. The van der Waals surface area contributed by atoms with E-state index in [0.29, 0.717) is 19.5 Å². The van der Waals surface area contributed by atoms with Crippen LogP contribution in [0.5, 0.6) is 0 Å². The number of aryl methyl sites for hydroxylation is 1. The highest BCUT2D eigenvalue weighted by Crippen LogP contribution is 2.28. The molecule has 2 aromatic rings. The molecule has 1 aromatic carbocycles. The van der Waals surface area contributed by atoms with Crippen molar-refractivity contribution in [2.45, 2.75) is 52.6 Å². The highest BCUT2D eigenvalue weighted by Gasteiger charge is 2.40. The number of carbonyl (C=O) groups is 2. The first-order chi connectivity index (χ1) is 12.4. The second-order valence-corrected chi connectivity index (χ2v) is 8.03. The highest BCUT2D eigenvalue weighted by atomic mass is 16.2. The molecule has 140 valence electrons. The summed E-state index contributed by atoms with van der Waals surface area (Å²) >= 11 is 0. The lowest BCUT2D eigenvalue weighted by atomic mass is 9.85. The Morgan fingerprint density at radius 1 is 1.31 bits per heavy atom. The van der Waals surface area contributed by atoms with Crippen LogP contribution in [0.15, 0.2) is 30.6 Å². The van der Waals surface area contributed by atoms with Crippen LogP contribution in [-0.2, 0) is 16.1 Å². The fraction of sp³-hybridized carbons (Fsp3) is 0.550. The van der Waals surface area contributed by atoms with Gasteiger partial charge in [0.15, 0.2) is 0 Å². The molecule has 1 aliphatic rings. The molecular formula is C20H28N4O2. The maximum absolute atomic E-state index is 12.8. The van der Waals surface area contributed by atoms with Crippen molar-refractivity contribution < 1.29 is 9.59 Å². The standard InChI is InChI=1S/C20H28N4O2/c1-20(2,3)18(24-13-6-10-17(24)25)19(26)21-11-7-12-23-14-22-15-8-4-5-9-16(15)23/h4-5,8-9,14,18H,6-7,10-13H2,1-3H3,(H,21,26). The Morgan fingerprint density at radius 3 is 2.77 bits per heavy atom. The average molecular weight is 356 g/mol. The summed E-state index contributed by atoms with van der Waals surface area (Å²) in [4.78, 5) is 31.0. The molecule has 1 N–H and O–H groups in total. The molecule has 0 aliphatic carbocycles. The lowest BCUT2D eigenvalue weighted by Crippen LogP contribution is -2.54. The average Bonchev–Trinajstić information content (AvgIpc) is 3.18. The molecule has 1 aromatic heterocycles. The first-order valence-electron chi connectivity index (χ1n) is 9.35. The number of hydrogen-bond donors (Lipinski definition) is 1. The van der Waals surface area contributed by atoms with Crippen LogP contribution in [0.4, 0.5) is 0 Å². The molecule has 2 amide bonds. The number of likely N-dealkylation sites (tertiary alicyclic amines) is 1. The molecule has 1 saturated heterocycles. The van der Waals surface area contributed by atoms with Gasteiger partial charge in [0.05, 0.1) is 17.4 Å². The van der Waals surface area contributed by atoms with Crippen molar-refractivity contribution in [2.75, 3.05) is 13.1 Å². The van der Waals surface area contributed by atoms with E-state index in [-0.39, 0.29) is 17.2 Å². The molecule has 1 atom stereocenters. The summed E-state index contributed by atoms with van der Waals surface area (Å²) in [6, 6.07) is 7.62. The topological polar surface area (TPSA) is 67.2 Å². The number of fused-ring (bicyclic) bond motifs is 1. The Bertz CT molecular complexity index is 790. The summed E-state index contributed by atoms with van der Waals surface area (Å²) in [7, 11) is 0. The number of aromatic nitrogens is 2. The van der Waals surface area contributed by atoms with E-state index in [2.05, 4.69) is 20.9 Å². The Morgan fingerprint density at radius 2 is 2.08 bits per heavy atom. The number of benzene rings is 1. The van der Waals surface area contributed by atoms with E-state index >= 15 is 0 Å². The summed E-state index contributed by atoms with van der Waals surface area (Å²) in [6.07, 6.45) is 4.05. The van der Waals surface area contributed by atoms with E-state index in [4.69, 9.17) is 0 Å². The third-order valence-corrected chi connectivity index (χ3v) is 4.89. The SMILES string of the molecule is CC(C)(C)C(C(=O)NCCCn1cnc2ccccc21)N1CCCC1=O. The van der Waals surface area contributed by atoms with Gasteiger partial charge >= 0.3 is 0 Å². The molecule has 3 rings (SSSR count). The van der Waals surface area contributed by atoms with Crippen molar-refractivity contribution >= 4 is 22.8 Å². The highest BCUT2D eigenvalue weighted by molar-refractivity contribution is 5.89. The number of hydrogen-bond acceptors (Lipinski definition) is 3. The second-order valence-electron chi connectivity index (χ2n) is 8.03. The largest absolute Gasteiger partial charge is 0.354 e. The van der Waals surface area contributed by atoms with Crippen LogP contribution in [0.25, 0.3) is 11.0 Å². The van der Waals surface area contributed by atoms with E-state index in [0.717, 1.165) is 30.4 Å². The quantitative estimate of drug-likeness (QED) is 0.809. The van der Waals surface area contributed by atoms with Crippen LogP contribution in [0.1, 0.15) is 40.0 Å². The molecule has 0 saturated carbocycles. The number of para-hydroxylation sites is 2. The summed E-state index contributed by atoms with van der Waals surface area (Å²) in [5.41, 5.74) is 1.80. The smallest absolute Gasteiger partial charge is 0.243 e. The number of amides is 2. The Labute approximate surface area is 154 Å². The van der Waals surface area contributed by atoms with Crippen LogP contribution in [0.2, 0.25) is 0 Å². The summed E-state index contributed by atoms with van der Waals surface area (Å²) in [5, 5.41) is 3.03. The first kappa shape index (κ1) is 18.4. The van der Waals surface area contributed by atoms with Gasteiger partial charge in [0, 0.05) is 26.1 Å². The minimum absolute atomic E-state index is 0.0526. The van der Waals surface area contributed by atoms with Crippen molar-refractivity contribution in [3.05, 3.63) is 30.6 Å². The Balaban J connectivity index is 1.56. The van der Waals surface area contributed by atoms with E-state index < -0.39 is 6.04 Å². The monoisotopic (exact) mass is 356 g/mol. The van der Waals surface area contributed by atoms with Crippen molar-refractivity contribution in [1.29, 1.82) is 0 Å². The molecule has 2 heterocycles. The third kappa shape index (κ3) is 3.89. The predicted molar refractivity (Wildman–Crippen MR) is 102 cm³/mol. The fourth-order valence-corrected chi connectivity index (χ4v) is 3.69. The van der Waals surface area contributed by atoms with Gasteiger partial charge < -0.3 is 14.8 Å². The van der Waals surface area contributed by atoms with Crippen molar-refractivity contribution in [1.82, 2.24) is 19.8 Å². The predicted octanol–water partition coefficient (Wildman–Crippen LogP) is 2.58. The number of nitrogens with zero attached hydrogens (tertiary/aromatic N) is 3. The van der Waals surface area contributed by atoms with Gasteiger partial charge in [0.1, 0.15) is 6.04 Å². The van der Waals surface area contributed by atoms with E-state index in [9.17, 15) is 9.59 Å². The maximum atomic E-state index is 12.8. The van der Waals surface area contributed by atoms with Gasteiger partial charge in [-0.25, -0.2) is 4.98 Å². The van der Waals surface area contributed by atoms with Gasteiger partial charge in [-0.05, 0) is 30.4 Å². The molecule has 0 bridgehead atoms. The lowest BCUT2D eigenvalue weighted by molar-refractivity contribution is -0.141. The molecule has 1 aliphatic heterocycles. The van der Waals surface area contributed by atoms with E-state index in [1.165, 1.54) is 0 Å². The van der Waals surface area contributed by atoms with Crippen LogP contribution < -0.4 is 5.32 Å². The zero-order chi connectivity index (χ0) is 18.7. The van der Waals surface area contributed by atoms with E-state index in [1.807, 2.05) is 45.3 Å². The maximum Gasteiger partial charge on any atom is 0.243 e. The molecule has 1 unspecified atom stereocenters. The molecule has 0 spiro atoms. The van der Waals surface area contributed by atoms with Gasteiger partial charge in [0.25, 0.3) is 0 Å². The normalized spacial score (nSPS) is 16.3. The van der Waals surface area contributed by atoms with Crippen LogP contribution in [0.3, 0.4) is 0 Å². The fourth-order valence-electron chi connectivity index (χ4n) is 3.69. The summed E-state index contributed by atoms with van der Waals surface area (Å²) in [5.74, 6) is 0.0354. The minimum Gasteiger partial charge on any atom is -0.354 e. The minimum atomic E-state index is -0.411. The Kier molecular flexibility index (Phi) is 5.30. The summed E-state index contributed by atoms with van der Waals surface area (Å²) < 4.78 is 2.10. The Hall–Kier alpha value is -2.37. The van der Waals surface area contributed by atoms with Crippen molar-refractivity contribution in [3.63, 3.8) is 0 Å². The van der Waals surface area contributed by atoms with Crippen LogP contribution in [-0.4, -0.2) is 45.4 Å². The van der Waals surface area contributed by atoms with Crippen LogP contribution in [0, 0.1) is 5.41 Å². The molecule has 1 fully saturated rings. The zero-order valence-corrected chi connectivity index (χ0v) is 15.9. The van der Waals surface area contributed by atoms with E-state index in [1.54, 1.807) is 4.90 Å². The van der Waals surface area contributed by atoms with Gasteiger partial charge in [-0.15, -0.1) is 0 Å². The van der Waals surface area contributed by atoms with Gasteiger partial charge in [-0.2, -0.15) is 0 Å². The molecule has 6 heteroatoms. The number of nitrogens with one attached hydrogen (secondary N) is 1. The number of imidazole rings is 1. The van der Waals surface area contributed by atoms with Gasteiger partial charge in [-0.3, -0.25) is 9.59 Å². The second kappa shape index (κ2) is 7.48. The first-order valence-corrected chi connectivity index (χ1v) is 9.35. The van der Waals surface area contributed by atoms with Crippen molar-refractivity contribution in [2.24, 2.45) is 5.41 Å². The third-order valence-electron chi connectivity index (χ3n) is 4.89. The number of carbonyl (C=O) groups excluding carboxylic acids is 2. The summed E-state index contributed by atoms with van der Waals surface area (Å²) in [6.45, 7) is 8.10. The van der Waals surface area contributed by atoms with Crippen molar-refractivity contribution in [3.8, 4) is 0 Å². The van der Waals surface area contributed by atoms with Gasteiger partial charge in [-0.1, -0.05) is 32.9 Å². The molecular weight excluding hydrogens is 328 g/mol.